The molecule has 2 aromatic heterocycles. The number of carbonyl (C=O) groups is 2. The van der Waals surface area contributed by atoms with Crippen molar-refractivity contribution in [2.24, 2.45) is 4.99 Å². The minimum atomic E-state index is -0.682. The number of guanidine groups is 1. The monoisotopic (exact) mass is 443 g/mol. The summed E-state index contributed by atoms with van der Waals surface area (Å²) >= 11 is 5.83. The molecule has 1 spiro atoms. The predicted octanol–water partition coefficient (Wildman–Crippen LogP) is 0.362. The van der Waals surface area contributed by atoms with Gasteiger partial charge in [-0.2, -0.15) is 4.99 Å². The van der Waals surface area contributed by atoms with Crippen molar-refractivity contribution >= 4 is 41.0 Å². The quantitative estimate of drug-likeness (QED) is 0.512. The average molecular weight is 444 g/mol. The predicted molar refractivity (Wildman–Crippen MR) is 116 cm³/mol. The summed E-state index contributed by atoms with van der Waals surface area (Å²) in [5, 5.41) is 6.27. The smallest absolute Gasteiger partial charge is 0.302 e. The van der Waals surface area contributed by atoms with Crippen LogP contribution in [-0.4, -0.2) is 62.8 Å². The van der Waals surface area contributed by atoms with Crippen molar-refractivity contribution in [2.45, 2.75) is 25.3 Å². The average Bonchev–Trinajstić information content (AvgIpc) is 3.13. The SMILES string of the molecule is Cc1ccc(C(=O)N2CCC3(CC2)CN/C(=N\C(=O)c2nc(Cl)c(N)nc2N)N3)cn1. The minimum Gasteiger partial charge on any atom is -0.382 e. The van der Waals surface area contributed by atoms with Gasteiger partial charge in [0, 0.05) is 31.5 Å². The van der Waals surface area contributed by atoms with E-state index in [1.165, 1.54) is 0 Å². The van der Waals surface area contributed by atoms with E-state index < -0.39 is 5.91 Å². The topological polar surface area (TPSA) is 165 Å². The molecule has 0 radical (unpaired) electrons. The Morgan fingerprint density at radius 1 is 1.19 bits per heavy atom. The Kier molecular flexibility index (Phi) is 5.36. The number of piperidine rings is 1. The van der Waals surface area contributed by atoms with Crippen LogP contribution >= 0.6 is 11.6 Å². The maximum Gasteiger partial charge on any atom is 0.302 e. The molecule has 12 heteroatoms. The number of nitrogens with two attached hydrogens (primary N) is 2. The second-order valence-electron chi connectivity index (χ2n) is 7.64. The number of nitrogen functional groups attached to an aromatic ring is 2. The van der Waals surface area contributed by atoms with Gasteiger partial charge in [-0.15, -0.1) is 0 Å². The number of aliphatic imine (C=N–C) groups is 1. The molecule has 162 valence electrons. The number of aryl methyl sites for hydroxylation is 1. The fourth-order valence-corrected chi connectivity index (χ4v) is 3.76. The Bertz CT molecular complexity index is 1060. The van der Waals surface area contributed by atoms with Gasteiger partial charge >= 0.3 is 5.91 Å². The van der Waals surface area contributed by atoms with Gasteiger partial charge in [-0.05, 0) is 31.9 Å². The molecular weight excluding hydrogens is 422 g/mol. The Morgan fingerprint density at radius 2 is 1.94 bits per heavy atom. The van der Waals surface area contributed by atoms with Gasteiger partial charge in [0.2, 0.25) is 0 Å². The van der Waals surface area contributed by atoms with Crippen molar-refractivity contribution in [1.29, 1.82) is 0 Å². The van der Waals surface area contributed by atoms with Crippen molar-refractivity contribution in [3.63, 3.8) is 0 Å². The van der Waals surface area contributed by atoms with Crippen molar-refractivity contribution in [2.75, 3.05) is 31.1 Å². The number of nitrogens with zero attached hydrogens (tertiary/aromatic N) is 5. The molecule has 2 saturated heterocycles. The first-order valence-electron chi connectivity index (χ1n) is 9.72. The number of anilines is 2. The van der Waals surface area contributed by atoms with Crippen LogP contribution in [0.4, 0.5) is 11.6 Å². The summed E-state index contributed by atoms with van der Waals surface area (Å²) in [7, 11) is 0. The van der Waals surface area contributed by atoms with Crippen molar-refractivity contribution in [3.05, 3.63) is 40.4 Å². The highest BCUT2D eigenvalue weighted by Crippen LogP contribution is 2.26. The van der Waals surface area contributed by atoms with Gasteiger partial charge in [0.25, 0.3) is 5.91 Å². The highest BCUT2D eigenvalue weighted by Gasteiger charge is 2.41. The van der Waals surface area contributed by atoms with E-state index in [4.69, 9.17) is 23.1 Å². The van der Waals surface area contributed by atoms with Gasteiger partial charge in [-0.3, -0.25) is 14.6 Å². The molecule has 0 aliphatic carbocycles. The standard InChI is InChI=1S/C19H22ClN9O2/c1-10-2-3-11(8-23-10)17(31)29-6-4-19(5-7-29)9-24-18(28-19)27-16(30)12-14(21)26-15(22)13(20)25-12/h2-3,8H,4-7,9H2,1H3,(H4,21,22,26)(H2,24,27,28,30). The number of aromatic nitrogens is 3. The summed E-state index contributed by atoms with van der Waals surface area (Å²) < 4.78 is 0. The van der Waals surface area contributed by atoms with Crippen molar-refractivity contribution < 1.29 is 9.59 Å². The fraction of sp³-hybridized carbons (Fsp3) is 0.368. The number of hydrogen-bond acceptors (Lipinski definition) is 7. The van der Waals surface area contributed by atoms with Crippen LogP contribution in [0.3, 0.4) is 0 Å². The Morgan fingerprint density at radius 3 is 2.61 bits per heavy atom. The first kappa shape index (κ1) is 20.8. The minimum absolute atomic E-state index is 0.0355. The zero-order valence-electron chi connectivity index (χ0n) is 16.9. The Labute approximate surface area is 183 Å². The zero-order valence-corrected chi connectivity index (χ0v) is 17.6. The number of nitrogens with one attached hydrogen (secondary N) is 2. The summed E-state index contributed by atoms with van der Waals surface area (Å²) in [6.45, 7) is 3.62. The van der Waals surface area contributed by atoms with Gasteiger partial charge in [0.05, 0.1) is 11.1 Å². The third kappa shape index (κ3) is 4.22. The molecule has 0 aromatic carbocycles. The molecule has 4 heterocycles. The molecule has 2 aliphatic heterocycles. The largest absolute Gasteiger partial charge is 0.382 e. The second kappa shape index (κ2) is 7.99. The van der Waals surface area contributed by atoms with E-state index in [-0.39, 0.29) is 33.9 Å². The molecule has 6 N–H and O–H groups in total. The molecule has 0 unspecified atom stereocenters. The Balaban J connectivity index is 1.40. The van der Waals surface area contributed by atoms with E-state index >= 15 is 0 Å². The van der Waals surface area contributed by atoms with Gasteiger partial charge < -0.3 is 27.0 Å². The van der Waals surface area contributed by atoms with E-state index in [1.54, 1.807) is 12.3 Å². The lowest BCUT2D eigenvalue weighted by molar-refractivity contribution is 0.0668. The molecular formula is C19H22ClN9O2. The van der Waals surface area contributed by atoms with Crippen LogP contribution in [0.15, 0.2) is 23.3 Å². The van der Waals surface area contributed by atoms with Crippen molar-refractivity contribution in [3.8, 4) is 0 Å². The van der Waals surface area contributed by atoms with E-state index in [0.29, 0.717) is 44.0 Å². The van der Waals surface area contributed by atoms with Crippen LogP contribution in [0, 0.1) is 6.92 Å². The van der Waals surface area contributed by atoms with Crippen LogP contribution in [0.1, 0.15) is 39.4 Å². The number of rotatable bonds is 2. The molecule has 2 aromatic rings. The molecule has 2 aliphatic rings. The highest BCUT2D eigenvalue weighted by molar-refractivity contribution is 6.31. The number of halogens is 1. The molecule has 4 rings (SSSR count). The lowest BCUT2D eigenvalue weighted by Crippen LogP contribution is -2.53. The Hall–Kier alpha value is -3.47. The molecule has 2 amide bonds. The normalized spacial score (nSPS) is 18.6. The van der Waals surface area contributed by atoms with Gasteiger partial charge in [0.1, 0.15) is 0 Å². The van der Waals surface area contributed by atoms with E-state index in [9.17, 15) is 9.59 Å². The molecule has 0 saturated carbocycles. The lowest BCUT2D eigenvalue weighted by atomic mass is 9.88. The van der Waals surface area contributed by atoms with Crippen LogP contribution in [0.2, 0.25) is 5.15 Å². The van der Waals surface area contributed by atoms with E-state index in [2.05, 4.69) is 30.6 Å². The third-order valence-electron chi connectivity index (χ3n) is 5.46. The van der Waals surface area contributed by atoms with Gasteiger partial charge in [-0.25, -0.2) is 9.97 Å². The van der Waals surface area contributed by atoms with Crippen LogP contribution in [0.25, 0.3) is 0 Å². The van der Waals surface area contributed by atoms with Crippen LogP contribution in [0.5, 0.6) is 0 Å². The summed E-state index contributed by atoms with van der Waals surface area (Å²) in [4.78, 5) is 42.9. The summed E-state index contributed by atoms with van der Waals surface area (Å²) in [6, 6.07) is 3.62. The number of carbonyl (C=O) groups excluding carboxylic acids is 2. The zero-order chi connectivity index (χ0) is 22.2. The van der Waals surface area contributed by atoms with E-state index in [0.717, 1.165) is 5.69 Å². The fourth-order valence-electron chi connectivity index (χ4n) is 3.63. The number of hydrogen-bond donors (Lipinski definition) is 4. The second-order valence-corrected chi connectivity index (χ2v) is 8.00. The van der Waals surface area contributed by atoms with Crippen LogP contribution < -0.4 is 22.1 Å². The molecule has 0 atom stereocenters. The van der Waals surface area contributed by atoms with Crippen molar-refractivity contribution in [1.82, 2.24) is 30.5 Å². The lowest BCUT2D eigenvalue weighted by Gasteiger charge is -2.38. The maximum absolute atomic E-state index is 12.7. The molecule has 2 fully saturated rings. The van der Waals surface area contributed by atoms with Gasteiger partial charge in [-0.1, -0.05) is 11.6 Å². The van der Waals surface area contributed by atoms with Crippen LogP contribution in [-0.2, 0) is 0 Å². The molecule has 31 heavy (non-hydrogen) atoms. The number of pyridine rings is 1. The molecule has 11 nitrogen and oxygen atoms in total. The third-order valence-corrected chi connectivity index (χ3v) is 5.74. The number of likely N-dealkylation sites (tertiary alicyclic amines) is 1. The summed E-state index contributed by atoms with van der Waals surface area (Å²) in [6.07, 6.45) is 3.01. The van der Waals surface area contributed by atoms with E-state index in [1.807, 2.05) is 17.9 Å². The summed E-state index contributed by atoms with van der Waals surface area (Å²) in [5.41, 5.74) is 12.2. The summed E-state index contributed by atoms with van der Waals surface area (Å²) in [5.74, 6) is -0.588. The van der Waals surface area contributed by atoms with Gasteiger partial charge in [0.15, 0.2) is 28.4 Å². The number of amides is 2. The molecule has 0 bridgehead atoms. The maximum atomic E-state index is 12.7. The highest BCUT2D eigenvalue weighted by atomic mass is 35.5. The first-order chi connectivity index (χ1) is 14.8. The first-order valence-corrected chi connectivity index (χ1v) is 10.1.